The second-order valence-corrected chi connectivity index (χ2v) is 4.20. The van der Waals surface area contributed by atoms with Gasteiger partial charge in [-0.05, 0) is 28.1 Å². The van der Waals surface area contributed by atoms with Gasteiger partial charge in [0.25, 0.3) is 0 Å². The molecule has 0 radical (unpaired) electrons. The van der Waals surface area contributed by atoms with Crippen molar-refractivity contribution in [2.45, 2.75) is 0 Å². The Labute approximate surface area is 99.9 Å². The van der Waals surface area contributed by atoms with Gasteiger partial charge in [0.15, 0.2) is 0 Å². The Hall–Kier alpha value is -1.75. The largest absolute Gasteiger partial charge is 0.285 e. The molecule has 1 N–H and O–H groups in total. The van der Waals surface area contributed by atoms with E-state index in [4.69, 9.17) is 0 Å². The number of aromatic amines is 1. The summed E-state index contributed by atoms with van der Waals surface area (Å²) >= 11 is 3.47. The molecule has 1 aromatic carbocycles. The highest BCUT2D eigenvalue weighted by Crippen LogP contribution is 2.23. The number of nitrogens with zero attached hydrogens (tertiary/aromatic N) is 3. The van der Waals surface area contributed by atoms with Crippen molar-refractivity contribution < 1.29 is 0 Å². The third-order valence-electron chi connectivity index (χ3n) is 2.32. The van der Waals surface area contributed by atoms with Crippen LogP contribution in [0.1, 0.15) is 0 Å². The fourth-order valence-corrected chi connectivity index (χ4v) is 1.97. The van der Waals surface area contributed by atoms with Gasteiger partial charge < -0.3 is 0 Å². The molecule has 3 rings (SSSR count). The highest BCUT2D eigenvalue weighted by Gasteiger charge is 2.05. The van der Waals surface area contributed by atoms with Crippen molar-refractivity contribution in [1.82, 2.24) is 20.2 Å². The summed E-state index contributed by atoms with van der Waals surface area (Å²) in [5.74, 6) is 0. The zero-order chi connectivity index (χ0) is 11.0. The van der Waals surface area contributed by atoms with E-state index in [1.165, 1.54) is 0 Å². The SMILES string of the molecule is Brc1cccc2ncc(-c3cn[nH]c3)nc12. The molecular formula is C11H7BrN4. The van der Waals surface area contributed by atoms with Crippen molar-refractivity contribution in [2.24, 2.45) is 0 Å². The number of H-pyrrole nitrogens is 1. The first-order valence-electron chi connectivity index (χ1n) is 4.75. The number of halogens is 1. The van der Waals surface area contributed by atoms with E-state index in [2.05, 4.69) is 36.1 Å². The van der Waals surface area contributed by atoms with Crippen LogP contribution in [-0.4, -0.2) is 20.2 Å². The van der Waals surface area contributed by atoms with Crippen molar-refractivity contribution in [3.05, 3.63) is 41.3 Å². The van der Waals surface area contributed by atoms with Gasteiger partial charge in [0, 0.05) is 16.2 Å². The number of hydrogen-bond donors (Lipinski definition) is 1. The molecule has 0 fully saturated rings. The first kappa shape index (κ1) is 9.47. The van der Waals surface area contributed by atoms with Gasteiger partial charge in [0.2, 0.25) is 0 Å². The molecule has 0 aliphatic carbocycles. The van der Waals surface area contributed by atoms with Crippen LogP contribution in [0.15, 0.2) is 41.3 Å². The predicted octanol–water partition coefficient (Wildman–Crippen LogP) is 2.78. The normalized spacial score (nSPS) is 10.8. The van der Waals surface area contributed by atoms with Crippen LogP contribution in [0.3, 0.4) is 0 Å². The number of para-hydroxylation sites is 1. The molecule has 2 heterocycles. The first-order chi connectivity index (χ1) is 7.84. The maximum absolute atomic E-state index is 4.55. The average molecular weight is 275 g/mol. The van der Waals surface area contributed by atoms with Crippen LogP contribution in [-0.2, 0) is 0 Å². The van der Waals surface area contributed by atoms with E-state index in [1.807, 2.05) is 18.2 Å². The van der Waals surface area contributed by atoms with Gasteiger partial charge in [-0.1, -0.05) is 6.07 Å². The summed E-state index contributed by atoms with van der Waals surface area (Å²) in [4.78, 5) is 8.91. The molecule has 0 spiro atoms. The average Bonchev–Trinajstić information content (AvgIpc) is 2.83. The van der Waals surface area contributed by atoms with E-state index in [0.29, 0.717) is 0 Å². The summed E-state index contributed by atoms with van der Waals surface area (Å²) in [5, 5.41) is 6.66. The third kappa shape index (κ3) is 1.49. The van der Waals surface area contributed by atoms with Crippen LogP contribution >= 0.6 is 15.9 Å². The van der Waals surface area contributed by atoms with Crippen molar-refractivity contribution >= 4 is 27.0 Å². The fraction of sp³-hybridized carbons (Fsp3) is 0. The highest BCUT2D eigenvalue weighted by molar-refractivity contribution is 9.10. The molecule has 78 valence electrons. The Balaban J connectivity index is 2.27. The van der Waals surface area contributed by atoms with Crippen molar-refractivity contribution in [3.8, 4) is 11.3 Å². The maximum atomic E-state index is 4.55. The Morgan fingerprint density at radius 1 is 1.19 bits per heavy atom. The molecule has 0 bridgehead atoms. The van der Waals surface area contributed by atoms with E-state index in [1.54, 1.807) is 18.6 Å². The Morgan fingerprint density at radius 3 is 2.94 bits per heavy atom. The Kier molecular flexibility index (Phi) is 2.18. The fourth-order valence-electron chi connectivity index (χ4n) is 1.53. The highest BCUT2D eigenvalue weighted by atomic mass is 79.9. The minimum absolute atomic E-state index is 0.813. The molecule has 0 saturated heterocycles. The lowest BCUT2D eigenvalue weighted by Gasteiger charge is -2.01. The van der Waals surface area contributed by atoms with Crippen LogP contribution in [0.2, 0.25) is 0 Å². The first-order valence-corrected chi connectivity index (χ1v) is 5.54. The number of fused-ring (bicyclic) bond motifs is 1. The Morgan fingerprint density at radius 2 is 2.12 bits per heavy atom. The van der Waals surface area contributed by atoms with Gasteiger partial charge in [-0.15, -0.1) is 0 Å². The lowest BCUT2D eigenvalue weighted by Crippen LogP contribution is -1.88. The van der Waals surface area contributed by atoms with Crippen molar-refractivity contribution in [2.75, 3.05) is 0 Å². The number of aromatic nitrogens is 4. The van der Waals surface area contributed by atoms with E-state index in [0.717, 1.165) is 26.8 Å². The van der Waals surface area contributed by atoms with Gasteiger partial charge in [-0.25, -0.2) is 4.98 Å². The number of benzene rings is 1. The molecule has 4 nitrogen and oxygen atoms in total. The maximum Gasteiger partial charge on any atom is 0.104 e. The molecule has 0 aliphatic heterocycles. The monoisotopic (exact) mass is 274 g/mol. The summed E-state index contributed by atoms with van der Waals surface area (Å²) < 4.78 is 0.947. The quantitative estimate of drug-likeness (QED) is 0.743. The van der Waals surface area contributed by atoms with Crippen molar-refractivity contribution in [3.63, 3.8) is 0 Å². The number of nitrogens with one attached hydrogen (secondary N) is 1. The minimum Gasteiger partial charge on any atom is -0.285 e. The summed E-state index contributed by atoms with van der Waals surface area (Å²) in [6.45, 7) is 0. The van der Waals surface area contributed by atoms with Crippen molar-refractivity contribution in [1.29, 1.82) is 0 Å². The van der Waals surface area contributed by atoms with E-state index in [-0.39, 0.29) is 0 Å². The van der Waals surface area contributed by atoms with Gasteiger partial charge in [0.1, 0.15) is 5.52 Å². The predicted molar refractivity (Wildman–Crippen MR) is 64.8 cm³/mol. The summed E-state index contributed by atoms with van der Waals surface area (Å²) in [6, 6.07) is 5.83. The molecule has 0 amide bonds. The van der Waals surface area contributed by atoms with Crippen LogP contribution < -0.4 is 0 Å². The topological polar surface area (TPSA) is 54.5 Å². The van der Waals surface area contributed by atoms with E-state index >= 15 is 0 Å². The molecule has 0 unspecified atom stereocenters. The molecular weight excluding hydrogens is 268 g/mol. The number of rotatable bonds is 1. The number of hydrogen-bond acceptors (Lipinski definition) is 3. The summed E-state index contributed by atoms with van der Waals surface area (Å²) in [5.41, 5.74) is 3.49. The zero-order valence-electron chi connectivity index (χ0n) is 8.18. The molecule has 0 aliphatic rings. The molecule has 16 heavy (non-hydrogen) atoms. The lowest BCUT2D eigenvalue weighted by molar-refractivity contribution is 1.09. The van der Waals surface area contributed by atoms with Crippen LogP contribution in [0.5, 0.6) is 0 Å². The van der Waals surface area contributed by atoms with E-state index in [9.17, 15) is 0 Å². The van der Waals surface area contributed by atoms with Gasteiger partial charge in [-0.2, -0.15) is 5.10 Å². The molecule has 5 heteroatoms. The smallest absolute Gasteiger partial charge is 0.104 e. The third-order valence-corrected chi connectivity index (χ3v) is 2.96. The summed E-state index contributed by atoms with van der Waals surface area (Å²) in [6.07, 6.45) is 5.28. The minimum atomic E-state index is 0.813. The van der Waals surface area contributed by atoms with Crippen LogP contribution in [0.25, 0.3) is 22.3 Å². The zero-order valence-corrected chi connectivity index (χ0v) is 9.77. The lowest BCUT2D eigenvalue weighted by atomic mass is 10.2. The molecule has 3 aromatic rings. The van der Waals surface area contributed by atoms with E-state index < -0.39 is 0 Å². The van der Waals surface area contributed by atoms with Gasteiger partial charge in [0.05, 0.1) is 23.6 Å². The van der Waals surface area contributed by atoms with Crippen LogP contribution in [0, 0.1) is 0 Å². The molecule has 0 atom stereocenters. The van der Waals surface area contributed by atoms with Crippen LogP contribution in [0.4, 0.5) is 0 Å². The molecule has 0 saturated carbocycles. The summed E-state index contributed by atoms with van der Waals surface area (Å²) in [7, 11) is 0. The van der Waals surface area contributed by atoms with Gasteiger partial charge in [-0.3, -0.25) is 10.1 Å². The second-order valence-electron chi connectivity index (χ2n) is 3.35. The van der Waals surface area contributed by atoms with Gasteiger partial charge >= 0.3 is 0 Å². The Bertz CT molecular complexity index is 634. The molecule has 2 aromatic heterocycles. The standard InChI is InChI=1S/C11H7BrN4/c12-8-2-1-3-9-11(8)16-10(6-13-9)7-4-14-15-5-7/h1-6H,(H,14,15). The second kappa shape index (κ2) is 3.68.